The van der Waals surface area contributed by atoms with E-state index in [1.54, 1.807) is 19.1 Å². The largest absolute Gasteiger partial charge is 0.312 e. The van der Waals surface area contributed by atoms with E-state index < -0.39 is 10.1 Å². The highest BCUT2D eigenvalue weighted by molar-refractivity contribution is 7.86. The molecule has 0 saturated heterocycles. The number of hydrogen-bond acceptors (Lipinski definition) is 4. The molecular formula is C13H24NO3PS. The summed E-state index contributed by atoms with van der Waals surface area (Å²) >= 11 is 0. The summed E-state index contributed by atoms with van der Waals surface area (Å²) in [5, 5.41) is 0.996. The Balaban J connectivity index is 0.000000711. The van der Waals surface area contributed by atoms with Crippen molar-refractivity contribution in [2.45, 2.75) is 38.5 Å². The Kier molecular flexibility index (Phi) is 10.1. The molecule has 0 bridgehead atoms. The summed E-state index contributed by atoms with van der Waals surface area (Å²) in [6.07, 6.45) is 2.64. The summed E-state index contributed by atoms with van der Waals surface area (Å²) in [5.74, 6) is 0. The van der Waals surface area contributed by atoms with Crippen LogP contribution in [0.4, 0.5) is 0 Å². The number of unbranched alkanes of at least 4 members (excludes halogenated alkanes) is 1. The van der Waals surface area contributed by atoms with Crippen molar-refractivity contribution in [1.29, 1.82) is 0 Å². The first-order chi connectivity index (χ1) is 9.01. The predicted molar refractivity (Wildman–Crippen MR) is 82.8 cm³/mol. The third kappa shape index (κ3) is 7.63. The minimum Gasteiger partial charge on any atom is -0.192 e. The van der Waals surface area contributed by atoms with Gasteiger partial charge in [0.15, 0.2) is 0 Å². The Morgan fingerprint density at radius 3 is 2.32 bits per heavy atom. The summed E-state index contributed by atoms with van der Waals surface area (Å²) in [4.78, 5) is 0.190. The summed E-state index contributed by atoms with van der Waals surface area (Å²) in [7, 11) is -3.09. The van der Waals surface area contributed by atoms with Crippen molar-refractivity contribution in [2.24, 2.45) is 0 Å². The molecule has 1 aromatic rings. The first kappa shape index (κ1) is 18.5. The number of hydroxylamine groups is 1. The van der Waals surface area contributed by atoms with Crippen molar-refractivity contribution in [3.8, 4) is 0 Å². The van der Waals surface area contributed by atoms with Crippen LogP contribution < -0.4 is 10.8 Å². The van der Waals surface area contributed by atoms with Gasteiger partial charge in [-0.15, -0.1) is 0 Å². The molecule has 1 aromatic carbocycles. The molecule has 1 N–H and O–H groups in total. The van der Waals surface area contributed by atoms with Gasteiger partial charge in [0.05, 0.1) is 4.90 Å². The van der Waals surface area contributed by atoms with Crippen molar-refractivity contribution in [3.63, 3.8) is 0 Å². The molecule has 0 aliphatic heterocycles. The number of hydrogen-bond donors (Lipinski definition) is 1. The highest BCUT2D eigenvalue weighted by Gasteiger charge is 2.14. The van der Waals surface area contributed by atoms with Gasteiger partial charge in [-0.3, -0.25) is 0 Å². The van der Waals surface area contributed by atoms with Gasteiger partial charge in [0.2, 0.25) is 0 Å². The van der Waals surface area contributed by atoms with Crippen molar-refractivity contribution < 1.29 is 12.7 Å². The summed E-state index contributed by atoms with van der Waals surface area (Å²) < 4.78 is 27.7. The SMILES string of the molecule is CCCC.CCNOS(=O)(=O)c1cccc(PC)c1. The normalized spacial score (nSPS) is 11.4. The van der Waals surface area contributed by atoms with Gasteiger partial charge in [-0.2, -0.15) is 18.2 Å². The zero-order valence-electron chi connectivity index (χ0n) is 12.1. The second kappa shape index (κ2) is 10.3. The quantitative estimate of drug-likeness (QED) is 0.648. The predicted octanol–water partition coefficient (Wildman–Crippen LogP) is 2.66. The van der Waals surface area contributed by atoms with Gasteiger partial charge in [-0.05, 0) is 24.1 Å². The van der Waals surface area contributed by atoms with Crippen LogP contribution in [0.25, 0.3) is 0 Å². The fourth-order valence-electron chi connectivity index (χ4n) is 0.992. The van der Waals surface area contributed by atoms with Crippen molar-refractivity contribution in [3.05, 3.63) is 24.3 Å². The van der Waals surface area contributed by atoms with Crippen LogP contribution >= 0.6 is 8.58 Å². The number of rotatable bonds is 6. The number of nitrogens with one attached hydrogen (secondary N) is 1. The van der Waals surface area contributed by atoms with Crippen LogP contribution in [0.3, 0.4) is 0 Å². The molecule has 0 amide bonds. The molecular weight excluding hydrogens is 281 g/mol. The molecule has 1 atom stereocenters. The van der Waals surface area contributed by atoms with Crippen molar-refractivity contribution >= 4 is 24.0 Å². The fourth-order valence-corrected chi connectivity index (χ4v) is 2.54. The maximum absolute atomic E-state index is 11.6. The molecule has 0 saturated carbocycles. The van der Waals surface area contributed by atoms with Crippen LogP contribution in [0.1, 0.15) is 33.6 Å². The van der Waals surface area contributed by atoms with Gasteiger partial charge in [0, 0.05) is 6.54 Å². The molecule has 19 heavy (non-hydrogen) atoms. The van der Waals surface area contributed by atoms with Crippen LogP contribution in [-0.4, -0.2) is 21.6 Å². The monoisotopic (exact) mass is 305 g/mol. The van der Waals surface area contributed by atoms with E-state index in [1.807, 2.05) is 12.7 Å². The smallest absolute Gasteiger partial charge is 0.192 e. The van der Waals surface area contributed by atoms with Crippen molar-refractivity contribution in [2.75, 3.05) is 13.2 Å². The number of benzene rings is 1. The van der Waals surface area contributed by atoms with Gasteiger partial charge < -0.3 is 0 Å². The Morgan fingerprint density at radius 2 is 1.84 bits per heavy atom. The van der Waals surface area contributed by atoms with E-state index in [0.717, 1.165) is 5.30 Å². The molecule has 1 rings (SSSR count). The Labute approximate surface area is 118 Å². The zero-order valence-corrected chi connectivity index (χ0v) is 13.9. The molecule has 4 nitrogen and oxygen atoms in total. The minimum atomic E-state index is -3.66. The average molecular weight is 305 g/mol. The molecule has 0 aromatic heterocycles. The molecule has 1 unspecified atom stereocenters. The van der Waals surface area contributed by atoms with Crippen molar-refractivity contribution in [1.82, 2.24) is 5.48 Å². The molecule has 110 valence electrons. The molecule has 0 aliphatic rings. The van der Waals surface area contributed by atoms with Crippen LogP contribution in [0.2, 0.25) is 0 Å². The molecule has 0 radical (unpaired) electrons. The van der Waals surface area contributed by atoms with E-state index in [1.165, 1.54) is 18.9 Å². The molecule has 6 heteroatoms. The second-order valence-corrected chi connectivity index (χ2v) is 6.44. The standard InChI is InChI=1S/C9H14NO3PS.C4H10/c1-3-10-13-15(11,12)9-6-4-5-8(7-9)14-2;1-3-4-2/h4-7,10,14H,3H2,1-2H3;3-4H2,1-2H3. The van der Waals surface area contributed by atoms with Crippen LogP contribution in [0, 0.1) is 0 Å². The third-order valence-electron chi connectivity index (χ3n) is 2.22. The maximum atomic E-state index is 11.6. The van der Waals surface area contributed by atoms with Gasteiger partial charge in [-0.25, -0.2) is 0 Å². The fraction of sp³-hybridized carbons (Fsp3) is 0.538. The van der Waals surface area contributed by atoms with Crippen LogP contribution in [0.15, 0.2) is 29.2 Å². The maximum Gasteiger partial charge on any atom is 0.312 e. The van der Waals surface area contributed by atoms with E-state index >= 15 is 0 Å². The third-order valence-corrected chi connectivity index (χ3v) is 4.28. The van der Waals surface area contributed by atoms with Gasteiger partial charge in [0.25, 0.3) is 0 Å². The first-order valence-corrected chi connectivity index (χ1v) is 9.36. The van der Waals surface area contributed by atoms with E-state index in [4.69, 9.17) is 0 Å². The van der Waals surface area contributed by atoms with E-state index in [-0.39, 0.29) is 4.90 Å². The summed E-state index contributed by atoms with van der Waals surface area (Å²) in [6.45, 7) is 8.56. The first-order valence-electron chi connectivity index (χ1n) is 6.45. The van der Waals surface area contributed by atoms with Gasteiger partial charge >= 0.3 is 10.1 Å². The Hall–Kier alpha value is -0.480. The van der Waals surface area contributed by atoms with Gasteiger partial charge in [0.1, 0.15) is 0 Å². The lowest BCUT2D eigenvalue weighted by Crippen LogP contribution is -2.20. The zero-order chi connectivity index (χ0) is 14.7. The average Bonchev–Trinajstić information content (AvgIpc) is 2.45. The minimum absolute atomic E-state index is 0.190. The summed E-state index contributed by atoms with van der Waals surface area (Å²) in [6, 6.07) is 6.76. The topological polar surface area (TPSA) is 55.4 Å². The highest BCUT2D eigenvalue weighted by Crippen LogP contribution is 2.12. The van der Waals surface area contributed by atoms with E-state index in [0.29, 0.717) is 15.1 Å². The van der Waals surface area contributed by atoms with E-state index in [9.17, 15) is 8.42 Å². The van der Waals surface area contributed by atoms with Gasteiger partial charge in [-0.1, -0.05) is 54.3 Å². The lowest BCUT2D eigenvalue weighted by Gasteiger charge is -2.05. The Morgan fingerprint density at radius 1 is 1.21 bits per heavy atom. The molecule has 0 heterocycles. The highest BCUT2D eigenvalue weighted by atomic mass is 32.2. The lowest BCUT2D eigenvalue weighted by atomic mass is 10.4. The Bertz CT molecular complexity index is 447. The molecule has 0 fully saturated rings. The second-order valence-electron chi connectivity index (χ2n) is 3.81. The van der Waals surface area contributed by atoms with Crippen LogP contribution in [0.5, 0.6) is 0 Å². The molecule has 0 spiro atoms. The molecule has 0 aliphatic carbocycles. The van der Waals surface area contributed by atoms with Crippen LogP contribution in [-0.2, 0) is 14.4 Å². The van der Waals surface area contributed by atoms with E-state index in [2.05, 4.69) is 23.6 Å². The lowest BCUT2D eigenvalue weighted by molar-refractivity contribution is 0.210. The summed E-state index contributed by atoms with van der Waals surface area (Å²) in [5.41, 5.74) is 2.34.